The van der Waals surface area contributed by atoms with Crippen LogP contribution in [-0.2, 0) is 0 Å². The molecule has 13 heavy (non-hydrogen) atoms. The molecule has 1 aromatic rings. The molecule has 1 aromatic carbocycles. The number of allylic oxidation sites excluding steroid dienone is 1. The Labute approximate surface area is 79.6 Å². The second kappa shape index (κ2) is 5.89. The van der Waals surface area contributed by atoms with Crippen LogP contribution < -0.4 is 0 Å². The summed E-state index contributed by atoms with van der Waals surface area (Å²) in [6.07, 6.45) is 10.7. The van der Waals surface area contributed by atoms with Crippen molar-refractivity contribution in [3.05, 3.63) is 47.7 Å². The van der Waals surface area contributed by atoms with Gasteiger partial charge in [-0.05, 0) is 24.1 Å². The molecule has 0 aliphatic rings. The topological polar surface area (TPSA) is 0 Å². The minimum Gasteiger partial charge on any atom is -0.125 e. The first-order valence-electron chi connectivity index (χ1n) is 4.33. The second-order valence-electron chi connectivity index (χ2n) is 2.67. The highest BCUT2D eigenvalue weighted by atomic mass is 13.8. The molecule has 0 fully saturated rings. The molecule has 0 amide bonds. The van der Waals surface area contributed by atoms with Crippen LogP contribution in [0.5, 0.6) is 0 Å². The van der Waals surface area contributed by atoms with E-state index in [0.717, 1.165) is 12.8 Å². The Kier molecular flexibility index (Phi) is 4.25. The summed E-state index contributed by atoms with van der Waals surface area (Å²) in [4.78, 5) is 0. The number of hydrogen-bond acceptors (Lipinski definition) is 0. The third-order valence-electron chi connectivity index (χ3n) is 1.60. The minimum absolute atomic E-state index is 0.787. The fraction of sp³-hybridized carbons (Fsp3) is 0.154. The monoisotopic (exact) mass is 168 g/mol. The summed E-state index contributed by atoms with van der Waals surface area (Å²) < 4.78 is 0. The van der Waals surface area contributed by atoms with Gasteiger partial charge in [-0.15, -0.1) is 18.1 Å². The van der Waals surface area contributed by atoms with Crippen LogP contribution >= 0.6 is 0 Å². The lowest BCUT2D eigenvalue weighted by atomic mass is 10.2. The van der Waals surface area contributed by atoms with Crippen LogP contribution in [0.4, 0.5) is 0 Å². The lowest BCUT2D eigenvalue weighted by Crippen LogP contribution is -1.66. The molecular formula is C13H12. The van der Waals surface area contributed by atoms with E-state index < -0.39 is 0 Å². The summed E-state index contributed by atoms with van der Waals surface area (Å²) in [5, 5.41) is 0. The zero-order valence-corrected chi connectivity index (χ0v) is 7.53. The Morgan fingerprint density at radius 3 is 2.69 bits per heavy atom. The average molecular weight is 168 g/mol. The van der Waals surface area contributed by atoms with Crippen molar-refractivity contribution in [3.8, 4) is 12.3 Å². The van der Waals surface area contributed by atoms with Gasteiger partial charge in [0.05, 0.1) is 0 Å². The van der Waals surface area contributed by atoms with Crippen LogP contribution in [-0.4, -0.2) is 0 Å². The molecule has 0 aromatic heterocycles. The largest absolute Gasteiger partial charge is 0.125 e. The van der Waals surface area contributed by atoms with Crippen LogP contribution in [0.2, 0.25) is 0 Å². The summed E-state index contributed by atoms with van der Waals surface area (Å²) in [5.41, 5.74) is 4.26. The maximum atomic E-state index is 5.11. The molecule has 1 rings (SSSR count). The maximum Gasteiger partial charge on any atom is 0.0127 e. The van der Waals surface area contributed by atoms with Crippen molar-refractivity contribution >= 4 is 6.08 Å². The molecule has 0 heteroatoms. The van der Waals surface area contributed by atoms with Crippen molar-refractivity contribution < 1.29 is 0 Å². The molecule has 0 radical (unpaired) electrons. The zero-order chi connectivity index (χ0) is 9.36. The van der Waals surface area contributed by atoms with Crippen molar-refractivity contribution in [2.45, 2.75) is 12.8 Å². The van der Waals surface area contributed by atoms with Gasteiger partial charge in [-0.25, -0.2) is 0 Å². The van der Waals surface area contributed by atoms with Gasteiger partial charge in [0.2, 0.25) is 0 Å². The van der Waals surface area contributed by atoms with Crippen molar-refractivity contribution in [3.63, 3.8) is 0 Å². The molecule has 0 spiro atoms. The highest BCUT2D eigenvalue weighted by Gasteiger charge is 1.79. The Balaban J connectivity index is 2.50. The fourth-order valence-corrected chi connectivity index (χ4v) is 0.943. The van der Waals surface area contributed by atoms with Gasteiger partial charge in [0, 0.05) is 6.42 Å². The first-order chi connectivity index (χ1) is 6.43. The molecule has 0 saturated carbocycles. The SMILES string of the molecule is C#CCCC=C=Cc1ccccc1. The molecule has 0 bridgehead atoms. The van der Waals surface area contributed by atoms with Crippen LogP contribution in [0.25, 0.3) is 6.08 Å². The molecule has 0 saturated heterocycles. The molecule has 0 N–H and O–H groups in total. The quantitative estimate of drug-likeness (QED) is 0.369. The Morgan fingerprint density at radius 2 is 2.00 bits per heavy atom. The van der Waals surface area contributed by atoms with Crippen LogP contribution in [0, 0.1) is 12.3 Å². The minimum atomic E-state index is 0.787. The molecular weight excluding hydrogens is 156 g/mol. The molecule has 64 valence electrons. The van der Waals surface area contributed by atoms with E-state index in [4.69, 9.17) is 6.42 Å². The first kappa shape index (κ1) is 9.39. The number of benzene rings is 1. The second-order valence-corrected chi connectivity index (χ2v) is 2.67. The molecule has 0 atom stereocenters. The van der Waals surface area contributed by atoms with Crippen molar-refractivity contribution in [1.29, 1.82) is 0 Å². The lowest BCUT2D eigenvalue weighted by Gasteiger charge is -1.86. The highest BCUT2D eigenvalue weighted by molar-refractivity contribution is 5.47. The van der Waals surface area contributed by atoms with E-state index in [9.17, 15) is 0 Å². The Hall–Kier alpha value is -1.70. The number of rotatable bonds is 3. The Morgan fingerprint density at radius 1 is 1.23 bits per heavy atom. The van der Waals surface area contributed by atoms with Gasteiger partial charge >= 0.3 is 0 Å². The van der Waals surface area contributed by atoms with Gasteiger partial charge in [0.25, 0.3) is 0 Å². The van der Waals surface area contributed by atoms with Gasteiger partial charge in [-0.1, -0.05) is 30.3 Å². The molecule has 0 unspecified atom stereocenters. The molecule has 0 heterocycles. The van der Waals surface area contributed by atoms with Gasteiger partial charge in [0.15, 0.2) is 0 Å². The van der Waals surface area contributed by atoms with Crippen molar-refractivity contribution in [2.75, 3.05) is 0 Å². The molecule has 0 nitrogen and oxygen atoms in total. The van der Waals surface area contributed by atoms with Crippen LogP contribution in [0.15, 0.2) is 42.1 Å². The predicted molar refractivity (Wildman–Crippen MR) is 57.1 cm³/mol. The van der Waals surface area contributed by atoms with Crippen LogP contribution in [0.1, 0.15) is 18.4 Å². The van der Waals surface area contributed by atoms with Crippen molar-refractivity contribution in [1.82, 2.24) is 0 Å². The Bertz CT molecular complexity index is 332. The third-order valence-corrected chi connectivity index (χ3v) is 1.60. The summed E-state index contributed by atoms with van der Waals surface area (Å²) >= 11 is 0. The predicted octanol–water partition coefficient (Wildman–Crippen LogP) is 3.27. The normalized spacial score (nSPS) is 8.23. The van der Waals surface area contributed by atoms with Gasteiger partial charge in [-0.3, -0.25) is 0 Å². The van der Waals surface area contributed by atoms with E-state index >= 15 is 0 Å². The van der Waals surface area contributed by atoms with Crippen LogP contribution in [0.3, 0.4) is 0 Å². The highest BCUT2D eigenvalue weighted by Crippen LogP contribution is 1.99. The number of unbranched alkanes of at least 4 members (excludes halogenated alkanes) is 1. The van der Waals surface area contributed by atoms with E-state index in [0.29, 0.717) is 0 Å². The summed E-state index contributed by atoms with van der Waals surface area (Å²) in [7, 11) is 0. The van der Waals surface area contributed by atoms with Gasteiger partial charge in [0.1, 0.15) is 0 Å². The standard InChI is InChI=1S/C13H12/c1-2-3-4-5-7-10-13-11-8-6-9-12-13/h1,5-6,8-12H,3-4H2. The molecule has 0 aliphatic heterocycles. The third kappa shape index (κ3) is 4.01. The smallest absolute Gasteiger partial charge is 0.0127 e. The number of hydrogen-bond donors (Lipinski definition) is 0. The maximum absolute atomic E-state index is 5.11. The first-order valence-corrected chi connectivity index (χ1v) is 4.33. The summed E-state index contributed by atoms with van der Waals surface area (Å²) in [6, 6.07) is 10.1. The van der Waals surface area contributed by atoms with E-state index in [1.54, 1.807) is 0 Å². The zero-order valence-electron chi connectivity index (χ0n) is 7.53. The fourth-order valence-electron chi connectivity index (χ4n) is 0.943. The summed E-state index contributed by atoms with van der Waals surface area (Å²) in [5.74, 6) is 2.58. The van der Waals surface area contributed by atoms with Crippen molar-refractivity contribution in [2.24, 2.45) is 0 Å². The van der Waals surface area contributed by atoms with Gasteiger partial charge < -0.3 is 0 Å². The summed E-state index contributed by atoms with van der Waals surface area (Å²) in [6.45, 7) is 0. The van der Waals surface area contributed by atoms with Gasteiger partial charge in [-0.2, -0.15) is 0 Å². The number of terminal acetylenes is 1. The average Bonchev–Trinajstić information content (AvgIpc) is 2.19. The van der Waals surface area contributed by atoms with E-state index in [-0.39, 0.29) is 0 Å². The van der Waals surface area contributed by atoms with E-state index in [2.05, 4.69) is 11.7 Å². The van der Waals surface area contributed by atoms with E-state index in [1.165, 1.54) is 5.56 Å². The lowest BCUT2D eigenvalue weighted by molar-refractivity contribution is 1.09. The molecule has 0 aliphatic carbocycles. The van der Waals surface area contributed by atoms with E-state index in [1.807, 2.05) is 42.5 Å².